The Morgan fingerprint density at radius 3 is 2.33 bits per heavy atom. The van der Waals surface area contributed by atoms with Crippen LogP contribution in [0.2, 0.25) is 0 Å². The lowest BCUT2D eigenvalue weighted by atomic mass is 9.91. The third-order valence-electron chi connectivity index (χ3n) is 7.72. The highest BCUT2D eigenvalue weighted by molar-refractivity contribution is 6.07. The van der Waals surface area contributed by atoms with E-state index >= 15 is 0 Å². The van der Waals surface area contributed by atoms with Crippen molar-refractivity contribution < 1.29 is 0 Å². The van der Waals surface area contributed by atoms with Crippen LogP contribution in [-0.2, 0) is 0 Å². The van der Waals surface area contributed by atoms with Gasteiger partial charge >= 0.3 is 0 Å². The van der Waals surface area contributed by atoms with Crippen molar-refractivity contribution in [2.75, 3.05) is 13.1 Å². The molecule has 3 rings (SSSR count). The monoisotopic (exact) mass is 611 g/mol. The third-order valence-corrected chi connectivity index (χ3v) is 7.72. The van der Waals surface area contributed by atoms with Crippen LogP contribution >= 0.6 is 0 Å². The second kappa shape index (κ2) is 27.1. The molecule has 2 aliphatic rings. The maximum absolute atomic E-state index is 4.73. The predicted molar refractivity (Wildman–Crippen MR) is 208 cm³/mol. The molecule has 0 bridgehead atoms. The van der Waals surface area contributed by atoms with Gasteiger partial charge in [0, 0.05) is 17.3 Å². The van der Waals surface area contributed by atoms with E-state index in [2.05, 4.69) is 126 Å². The minimum atomic E-state index is 0.466. The third kappa shape index (κ3) is 19.0. The molecule has 1 aliphatic carbocycles. The zero-order valence-electron chi connectivity index (χ0n) is 30.5. The van der Waals surface area contributed by atoms with Crippen molar-refractivity contribution in [2.45, 2.75) is 114 Å². The van der Waals surface area contributed by atoms with E-state index in [1.54, 1.807) is 0 Å². The summed E-state index contributed by atoms with van der Waals surface area (Å²) in [6.45, 7) is 28.3. The van der Waals surface area contributed by atoms with Crippen LogP contribution in [-0.4, -0.2) is 24.5 Å². The van der Waals surface area contributed by atoms with Crippen molar-refractivity contribution in [2.24, 2.45) is 21.8 Å². The SMILES string of the molecule is C=C(C/C=C\C)CN=C(C)/C=C/CC.C=CC(CC)CCCC.CC.CCC1=CCC(C2=NCC(c3ccc(C)cc3)=C2)C=C1. The van der Waals surface area contributed by atoms with Crippen LogP contribution in [0.15, 0.2) is 113 Å². The van der Waals surface area contributed by atoms with Gasteiger partial charge in [0.25, 0.3) is 0 Å². The van der Waals surface area contributed by atoms with E-state index < -0.39 is 0 Å². The van der Waals surface area contributed by atoms with Crippen molar-refractivity contribution >= 4 is 17.0 Å². The van der Waals surface area contributed by atoms with Crippen LogP contribution < -0.4 is 0 Å². The fourth-order valence-electron chi connectivity index (χ4n) is 4.64. The highest BCUT2D eigenvalue weighted by atomic mass is 14.8. The summed E-state index contributed by atoms with van der Waals surface area (Å²) in [5, 5.41) is 0. The number of aryl methyl sites for hydroxylation is 1. The van der Waals surface area contributed by atoms with Crippen LogP contribution in [0, 0.1) is 18.8 Å². The van der Waals surface area contributed by atoms with Gasteiger partial charge in [-0.05, 0) is 88.5 Å². The standard InChI is InChI=1S/C19H21N.C13H21N.C9H18.C2H6/c1-3-15-6-10-17(11-7-15)19-12-18(13-20-19)16-8-4-14(2)5-9-16;1-5-7-9-12(3)11-14-13(4)10-8-6-2;1-4-7-8-9(5-2)6-3;1-2/h4-10,12,17H,3,11,13H2,1-2H3;5,7-8,10H,3,6,9,11H2,1-2,4H3;5,9H,2,4,6-8H2,1,3H3;1-2H3/b;7-5-,10-8+,14-13?;;. The summed E-state index contributed by atoms with van der Waals surface area (Å²) in [6.07, 6.45) is 29.1. The van der Waals surface area contributed by atoms with E-state index in [4.69, 9.17) is 4.99 Å². The molecule has 0 saturated carbocycles. The van der Waals surface area contributed by atoms with E-state index in [1.807, 2.05) is 33.8 Å². The maximum Gasteiger partial charge on any atom is 0.0649 e. The molecule has 1 aliphatic heterocycles. The maximum atomic E-state index is 4.73. The van der Waals surface area contributed by atoms with Gasteiger partial charge in [-0.15, -0.1) is 6.58 Å². The molecular weight excluding hydrogens is 544 g/mol. The van der Waals surface area contributed by atoms with Crippen LogP contribution in [0.4, 0.5) is 0 Å². The zero-order valence-corrected chi connectivity index (χ0v) is 30.5. The number of benzene rings is 1. The second-order valence-corrected chi connectivity index (χ2v) is 11.4. The molecule has 45 heavy (non-hydrogen) atoms. The molecule has 1 aromatic rings. The summed E-state index contributed by atoms with van der Waals surface area (Å²) >= 11 is 0. The first-order chi connectivity index (χ1) is 21.8. The van der Waals surface area contributed by atoms with Crippen LogP contribution in [0.3, 0.4) is 0 Å². The number of aliphatic imine (C=N–C) groups is 2. The van der Waals surface area contributed by atoms with E-state index in [0.29, 0.717) is 5.92 Å². The number of allylic oxidation sites excluding steroid dienone is 10. The van der Waals surface area contributed by atoms with Gasteiger partial charge in [0.05, 0.1) is 13.1 Å². The Morgan fingerprint density at radius 2 is 1.80 bits per heavy atom. The van der Waals surface area contributed by atoms with Gasteiger partial charge in [-0.2, -0.15) is 0 Å². The van der Waals surface area contributed by atoms with Gasteiger partial charge in [-0.25, -0.2) is 0 Å². The van der Waals surface area contributed by atoms with Crippen molar-refractivity contribution in [1.29, 1.82) is 0 Å². The minimum absolute atomic E-state index is 0.466. The average molecular weight is 611 g/mol. The van der Waals surface area contributed by atoms with Gasteiger partial charge in [0.1, 0.15) is 0 Å². The first kappa shape index (κ1) is 41.7. The van der Waals surface area contributed by atoms with Gasteiger partial charge in [-0.3, -0.25) is 9.98 Å². The van der Waals surface area contributed by atoms with Crippen molar-refractivity contribution in [3.8, 4) is 0 Å². The molecule has 0 N–H and O–H groups in total. The summed E-state index contributed by atoms with van der Waals surface area (Å²) in [5.74, 6) is 1.23. The van der Waals surface area contributed by atoms with Gasteiger partial charge in [0.15, 0.2) is 0 Å². The highest BCUT2D eigenvalue weighted by Crippen LogP contribution is 2.26. The van der Waals surface area contributed by atoms with E-state index in [-0.39, 0.29) is 0 Å². The number of unbranched alkanes of at least 4 members (excludes halogenated alkanes) is 1. The lowest BCUT2D eigenvalue weighted by Gasteiger charge is -2.14. The molecular formula is C43H66N2. The Labute approximate surface area is 279 Å². The van der Waals surface area contributed by atoms with E-state index in [9.17, 15) is 0 Å². The quantitative estimate of drug-likeness (QED) is 0.148. The topological polar surface area (TPSA) is 24.7 Å². The van der Waals surface area contributed by atoms with Crippen LogP contribution in [0.5, 0.6) is 0 Å². The van der Waals surface area contributed by atoms with Crippen molar-refractivity contribution in [1.82, 2.24) is 0 Å². The number of hydrogen-bond acceptors (Lipinski definition) is 2. The summed E-state index contributed by atoms with van der Waals surface area (Å²) < 4.78 is 0. The van der Waals surface area contributed by atoms with E-state index in [0.717, 1.165) is 56.0 Å². The number of rotatable bonds is 14. The van der Waals surface area contributed by atoms with Gasteiger partial charge in [-0.1, -0.05) is 144 Å². The molecule has 0 amide bonds. The number of nitrogens with zero attached hydrogens (tertiary/aromatic N) is 2. The number of hydrogen-bond donors (Lipinski definition) is 0. The molecule has 2 unspecified atom stereocenters. The normalized spacial score (nSPS) is 16.3. The molecule has 2 heteroatoms. The molecule has 0 spiro atoms. The van der Waals surface area contributed by atoms with Crippen molar-refractivity contribution in [3.05, 3.63) is 114 Å². The Bertz CT molecular complexity index is 1160. The Kier molecular flexibility index (Phi) is 25.1. The largest absolute Gasteiger partial charge is 0.286 e. The van der Waals surface area contributed by atoms with Crippen LogP contribution in [0.25, 0.3) is 5.57 Å². The molecule has 248 valence electrons. The van der Waals surface area contributed by atoms with E-state index in [1.165, 1.54) is 53.7 Å². The average Bonchev–Trinajstić information content (AvgIpc) is 3.58. The molecule has 1 aromatic carbocycles. The summed E-state index contributed by atoms with van der Waals surface area (Å²) in [6, 6.07) is 8.74. The minimum Gasteiger partial charge on any atom is -0.286 e. The molecule has 2 atom stereocenters. The molecule has 2 nitrogen and oxygen atoms in total. The first-order valence-corrected chi connectivity index (χ1v) is 17.6. The fraction of sp³-hybridized carbons (Fsp3) is 0.488. The lowest BCUT2D eigenvalue weighted by Crippen LogP contribution is -2.10. The Hall–Kier alpha value is -3.26. The molecule has 0 saturated heterocycles. The second-order valence-electron chi connectivity index (χ2n) is 11.4. The zero-order chi connectivity index (χ0) is 33.9. The fourth-order valence-corrected chi connectivity index (χ4v) is 4.64. The molecule has 0 radical (unpaired) electrons. The molecule has 0 fully saturated rings. The molecule has 1 heterocycles. The molecule has 0 aromatic heterocycles. The summed E-state index contributed by atoms with van der Waals surface area (Å²) in [4.78, 5) is 9.14. The Balaban J connectivity index is 0.000000680. The van der Waals surface area contributed by atoms with Crippen molar-refractivity contribution in [3.63, 3.8) is 0 Å². The van der Waals surface area contributed by atoms with Gasteiger partial charge in [0.2, 0.25) is 0 Å². The lowest BCUT2D eigenvalue weighted by molar-refractivity contribution is 0.541. The highest BCUT2D eigenvalue weighted by Gasteiger charge is 2.18. The summed E-state index contributed by atoms with van der Waals surface area (Å²) in [7, 11) is 0. The first-order valence-electron chi connectivity index (χ1n) is 17.6. The Morgan fingerprint density at radius 1 is 1.09 bits per heavy atom. The van der Waals surface area contributed by atoms with Gasteiger partial charge < -0.3 is 0 Å². The predicted octanol–water partition coefficient (Wildman–Crippen LogP) is 13.1. The van der Waals surface area contributed by atoms with Crippen LogP contribution in [0.1, 0.15) is 118 Å². The summed E-state index contributed by atoms with van der Waals surface area (Å²) in [5.41, 5.74) is 8.88. The smallest absolute Gasteiger partial charge is 0.0649 e.